The van der Waals surface area contributed by atoms with Crippen molar-refractivity contribution in [2.45, 2.75) is 20.0 Å². The Labute approximate surface area is 83.7 Å². The second kappa shape index (κ2) is 4.02. The second-order valence-electron chi connectivity index (χ2n) is 3.57. The van der Waals surface area contributed by atoms with Crippen molar-refractivity contribution in [1.29, 1.82) is 0 Å². The van der Waals surface area contributed by atoms with Crippen molar-refractivity contribution < 1.29 is 4.74 Å². The van der Waals surface area contributed by atoms with Crippen molar-refractivity contribution in [1.82, 2.24) is 15.3 Å². The van der Waals surface area contributed by atoms with E-state index in [-0.39, 0.29) is 6.10 Å². The summed E-state index contributed by atoms with van der Waals surface area (Å²) in [7, 11) is 0. The molecule has 1 aliphatic heterocycles. The predicted molar refractivity (Wildman–Crippen MR) is 53.1 cm³/mol. The average Bonchev–Trinajstić information content (AvgIpc) is 2.18. The molecule has 1 atom stereocenters. The summed E-state index contributed by atoms with van der Waals surface area (Å²) in [5.41, 5.74) is 2.00. The van der Waals surface area contributed by atoms with Crippen LogP contribution in [0.2, 0.25) is 0 Å². The van der Waals surface area contributed by atoms with Crippen LogP contribution in [0.1, 0.15) is 23.3 Å². The minimum atomic E-state index is 0.0161. The molecule has 1 aliphatic rings. The fourth-order valence-corrected chi connectivity index (χ4v) is 1.63. The van der Waals surface area contributed by atoms with Crippen molar-refractivity contribution >= 4 is 0 Å². The van der Waals surface area contributed by atoms with E-state index in [0.29, 0.717) is 0 Å². The van der Waals surface area contributed by atoms with E-state index in [0.717, 1.165) is 36.9 Å². The van der Waals surface area contributed by atoms with Gasteiger partial charge in [-0.25, -0.2) is 9.97 Å². The standard InChI is InChI=1S/C10H15N3O/c1-7-5-8(2)13-10(12-7)9-6-11-3-4-14-9/h5,9,11H,3-4,6H2,1-2H3. The first-order valence-electron chi connectivity index (χ1n) is 4.90. The maximum atomic E-state index is 5.59. The molecule has 1 fully saturated rings. The van der Waals surface area contributed by atoms with Gasteiger partial charge in [0.05, 0.1) is 6.61 Å². The van der Waals surface area contributed by atoms with Crippen molar-refractivity contribution in [3.05, 3.63) is 23.3 Å². The number of hydrogen-bond donors (Lipinski definition) is 1. The van der Waals surface area contributed by atoms with Gasteiger partial charge in [0.25, 0.3) is 0 Å². The Hall–Kier alpha value is -1.00. The summed E-state index contributed by atoms with van der Waals surface area (Å²) in [4.78, 5) is 8.76. The highest BCUT2D eigenvalue weighted by Crippen LogP contribution is 2.15. The van der Waals surface area contributed by atoms with E-state index in [2.05, 4.69) is 15.3 Å². The van der Waals surface area contributed by atoms with Crippen LogP contribution in [-0.2, 0) is 4.74 Å². The zero-order valence-electron chi connectivity index (χ0n) is 8.58. The predicted octanol–water partition coefficient (Wildman–Crippen LogP) is 0.754. The van der Waals surface area contributed by atoms with Crippen LogP contribution in [0.5, 0.6) is 0 Å². The van der Waals surface area contributed by atoms with Crippen molar-refractivity contribution in [3.63, 3.8) is 0 Å². The van der Waals surface area contributed by atoms with Gasteiger partial charge < -0.3 is 10.1 Å². The summed E-state index contributed by atoms with van der Waals surface area (Å²) in [5.74, 6) is 0.801. The summed E-state index contributed by atoms with van der Waals surface area (Å²) in [6, 6.07) is 1.97. The van der Waals surface area contributed by atoms with Gasteiger partial charge >= 0.3 is 0 Å². The van der Waals surface area contributed by atoms with E-state index in [9.17, 15) is 0 Å². The number of morpholine rings is 1. The molecule has 1 unspecified atom stereocenters. The number of aryl methyl sites for hydroxylation is 2. The van der Waals surface area contributed by atoms with Gasteiger partial charge in [-0.3, -0.25) is 0 Å². The SMILES string of the molecule is Cc1cc(C)nc(C2CNCCO2)n1. The molecule has 2 rings (SSSR count). The first kappa shape index (κ1) is 9.55. The first-order chi connectivity index (χ1) is 6.75. The van der Waals surface area contributed by atoms with Crippen molar-refractivity contribution in [2.24, 2.45) is 0 Å². The minimum Gasteiger partial charge on any atom is -0.368 e. The third-order valence-electron chi connectivity index (χ3n) is 2.22. The summed E-state index contributed by atoms with van der Waals surface area (Å²) in [5, 5.41) is 3.27. The lowest BCUT2D eigenvalue weighted by Gasteiger charge is -2.22. The van der Waals surface area contributed by atoms with Crippen molar-refractivity contribution in [2.75, 3.05) is 19.7 Å². The van der Waals surface area contributed by atoms with Gasteiger partial charge in [0.2, 0.25) is 0 Å². The quantitative estimate of drug-likeness (QED) is 0.715. The molecule has 0 bridgehead atoms. The Balaban J connectivity index is 2.21. The molecule has 14 heavy (non-hydrogen) atoms. The maximum absolute atomic E-state index is 5.59. The molecule has 4 heteroatoms. The van der Waals surface area contributed by atoms with Crippen LogP contribution in [0.15, 0.2) is 6.07 Å². The fourth-order valence-electron chi connectivity index (χ4n) is 1.63. The highest BCUT2D eigenvalue weighted by Gasteiger charge is 2.18. The van der Waals surface area contributed by atoms with Crippen LogP contribution in [0, 0.1) is 13.8 Å². The molecule has 1 N–H and O–H groups in total. The second-order valence-corrected chi connectivity index (χ2v) is 3.57. The third kappa shape index (κ3) is 2.08. The first-order valence-corrected chi connectivity index (χ1v) is 4.90. The maximum Gasteiger partial charge on any atom is 0.158 e. The molecule has 0 saturated carbocycles. The molecule has 76 valence electrons. The number of nitrogens with zero attached hydrogens (tertiary/aromatic N) is 2. The summed E-state index contributed by atoms with van der Waals surface area (Å²) < 4.78 is 5.59. The van der Waals surface area contributed by atoms with Crippen LogP contribution < -0.4 is 5.32 Å². The molecule has 0 aliphatic carbocycles. The summed E-state index contributed by atoms with van der Waals surface area (Å²) in [6.07, 6.45) is 0.0161. The lowest BCUT2D eigenvalue weighted by atomic mass is 10.2. The largest absolute Gasteiger partial charge is 0.368 e. The van der Waals surface area contributed by atoms with E-state index < -0.39 is 0 Å². The fraction of sp³-hybridized carbons (Fsp3) is 0.600. The van der Waals surface area contributed by atoms with Gasteiger partial charge in [0.15, 0.2) is 5.82 Å². The van der Waals surface area contributed by atoms with E-state index in [4.69, 9.17) is 4.74 Å². The number of aromatic nitrogens is 2. The van der Waals surface area contributed by atoms with Crippen LogP contribution in [0.25, 0.3) is 0 Å². The molecule has 2 heterocycles. The van der Waals surface area contributed by atoms with Gasteiger partial charge in [-0.1, -0.05) is 0 Å². The average molecular weight is 193 g/mol. The van der Waals surface area contributed by atoms with E-state index in [1.165, 1.54) is 0 Å². The Morgan fingerprint density at radius 3 is 2.64 bits per heavy atom. The van der Waals surface area contributed by atoms with Gasteiger partial charge in [-0.15, -0.1) is 0 Å². The lowest BCUT2D eigenvalue weighted by Crippen LogP contribution is -2.34. The number of ether oxygens (including phenoxy) is 1. The normalized spacial score (nSPS) is 22.3. The Morgan fingerprint density at radius 1 is 1.36 bits per heavy atom. The van der Waals surface area contributed by atoms with E-state index in [1.54, 1.807) is 0 Å². The van der Waals surface area contributed by atoms with E-state index in [1.807, 2.05) is 19.9 Å². The zero-order chi connectivity index (χ0) is 9.97. The minimum absolute atomic E-state index is 0.0161. The monoisotopic (exact) mass is 193 g/mol. The van der Waals surface area contributed by atoms with Gasteiger partial charge in [0.1, 0.15) is 6.10 Å². The van der Waals surface area contributed by atoms with Gasteiger partial charge in [-0.05, 0) is 19.9 Å². The lowest BCUT2D eigenvalue weighted by molar-refractivity contribution is 0.0219. The molecule has 0 radical (unpaired) electrons. The molecule has 0 spiro atoms. The van der Waals surface area contributed by atoms with Gasteiger partial charge in [0, 0.05) is 24.5 Å². The third-order valence-corrected chi connectivity index (χ3v) is 2.22. The molecular formula is C10H15N3O. The molecular weight excluding hydrogens is 178 g/mol. The smallest absolute Gasteiger partial charge is 0.158 e. The van der Waals surface area contributed by atoms with Crippen LogP contribution in [-0.4, -0.2) is 29.7 Å². The number of nitrogens with one attached hydrogen (secondary N) is 1. The van der Waals surface area contributed by atoms with Crippen molar-refractivity contribution in [3.8, 4) is 0 Å². The Kier molecular flexibility index (Phi) is 2.74. The Morgan fingerprint density at radius 2 is 2.07 bits per heavy atom. The summed E-state index contributed by atoms with van der Waals surface area (Å²) in [6.45, 7) is 6.42. The number of rotatable bonds is 1. The van der Waals surface area contributed by atoms with Crippen LogP contribution >= 0.6 is 0 Å². The molecule has 1 aromatic heterocycles. The highest BCUT2D eigenvalue weighted by atomic mass is 16.5. The molecule has 0 aromatic carbocycles. The molecule has 0 amide bonds. The van der Waals surface area contributed by atoms with Crippen LogP contribution in [0.3, 0.4) is 0 Å². The van der Waals surface area contributed by atoms with Gasteiger partial charge in [-0.2, -0.15) is 0 Å². The topological polar surface area (TPSA) is 47.0 Å². The highest BCUT2D eigenvalue weighted by molar-refractivity contribution is 5.10. The van der Waals surface area contributed by atoms with Crippen LogP contribution in [0.4, 0.5) is 0 Å². The number of hydrogen-bond acceptors (Lipinski definition) is 4. The zero-order valence-corrected chi connectivity index (χ0v) is 8.58. The summed E-state index contributed by atoms with van der Waals surface area (Å²) >= 11 is 0. The van der Waals surface area contributed by atoms with E-state index >= 15 is 0 Å². The Bertz CT molecular complexity index is 301. The molecule has 1 saturated heterocycles. The molecule has 1 aromatic rings. The molecule has 4 nitrogen and oxygen atoms in total.